The van der Waals surface area contributed by atoms with Gasteiger partial charge in [-0.05, 0) is 68.8 Å². The molecule has 3 amide bonds. The van der Waals surface area contributed by atoms with Crippen LogP contribution in [0.2, 0.25) is 0 Å². The minimum absolute atomic E-state index is 0.0427. The lowest BCUT2D eigenvalue weighted by Gasteiger charge is -2.52. The molecule has 1 aromatic rings. The van der Waals surface area contributed by atoms with Gasteiger partial charge in [-0.15, -0.1) is 0 Å². The van der Waals surface area contributed by atoms with Crippen LogP contribution in [0.25, 0.3) is 0 Å². The van der Waals surface area contributed by atoms with Crippen molar-refractivity contribution in [3.63, 3.8) is 0 Å². The molecule has 158 valence electrons. The van der Waals surface area contributed by atoms with E-state index in [0.29, 0.717) is 30.7 Å². The largest absolute Gasteiger partial charge is 0.338 e. The average molecular weight is 398 g/mol. The average Bonchev–Trinajstić information content (AvgIpc) is 3.09. The summed E-state index contributed by atoms with van der Waals surface area (Å²) in [6.45, 7) is 3.91. The summed E-state index contributed by atoms with van der Waals surface area (Å²) in [7, 11) is 0. The van der Waals surface area contributed by atoms with Gasteiger partial charge in [-0.2, -0.15) is 0 Å². The fraction of sp³-hybridized carbons (Fsp3) is 0.667. The lowest BCUT2D eigenvalue weighted by Crippen LogP contribution is -2.60. The summed E-state index contributed by atoms with van der Waals surface area (Å²) < 4.78 is 0. The Balaban J connectivity index is 1.29. The van der Waals surface area contributed by atoms with Gasteiger partial charge in [-0.1, -0.05) is 37.3 Å². The Kier molecular flexibility index (Phi) is 6.12. The second-order valence-corrected chi connectivity index (χ2v) is 9.24. The van der Waals surface area contributed by atoms with Crippen LogP contribution in [-0.2, 0) is 11.2 Å². The van der Waals surface area contributed by atoms with E-state index in [2.05, 4.69) is 46.7 Å². The lowest BCUT2D eigenvalue weighted by atomic mass is 9.63. The van der Waals surface area contributed by atoms with Crippen molar-refractivity contribution in [1.82, 2.24) is 15.5 Å². The number of hydrogen-bond donors (Lipinski definition) is 2. The number of aryl methyl sites for hydroxylation is 1. The number of benzene rings is 1. The van der Waals surface area contributed by atoms with Gasteiger partial charge in [0, 0.05) is 31.1 Å². The van der Waals surface area contributed by atoms with Crippen molar-refractivity contribution in [3.8, 4) is 0 Å². The predicted octanol–water partition coefficient (Wildman–Crippen LogP) is 3.88. The molecule has 5 nitrogen and oxygen atoms in total. The van der Waals surface area contributed by atoms with E-state index in [-0.39, 0.29) is 17.6 Å². The maximum atomic E-state index is 12.6. The Bertz CT molecular complexity index is 722. The molecule has 2 aliphatic heterocycles. The summed E-state index contributed by atoms with van der Waals surface area (Å²) in [4.78, 5) is 27.3. The molecule has 1 aliphatic carbocycles. The minimum Gasteiger partial charge on any atom is -0.338 e. The number of nitrogens with zero attached hydrogens (tertiary/aromatic N) is 1. The standard InChI is InChI=1S/C24H35N3O2/c1-18-20-11-5-12-22(28)27-17-7-14-24(20,27)15-13-21(18)26-23(29)25-16-6-10-19-8-3-2-4-9-19/h2-4,8-9,18,20-21H,5-7,10-17H2,1H3,(H2,25,26,29)/t18-,20+,21+,24-/m1/s1. The molecule has 0 bridgehead atoms. The van der Waals surface area contributed by atoms with Crippen LogP contribution in [0.4, 0.5) is 4.79 Å². The van der Waals surface area contributed by atoms with E-state index >= 15 is 0 Å². The predicted molar refractivity (Wildman–Crippen MR) is 115 cm³/mol. The van der Waals surface area contributed by atoms with Crippen LogP contribution >= 0.6 is 0 Å². The van der Waals surface area contributed by atoms with Crippen LogP contribution in [0, 0.1) is 11.8 Å². The Morgan fingerprint density at radius 1 is 1.17 bits per heavy atom. The third kappa shape index (κ3) is 4.15. The van der Waals surface area contributed by atoms with Gasteiger partial charge in [-0.3, -0.25) is 4.79 Å². The molecule has 2 heterocycles. The monoisotopic (exact) mass is 397 g/mol. The third-order valence-corrected chi connectivity index (χ3v) is 7.67. The van der Waals surface area contributed by atoms with E-state index < -0.39 is 0 Å². The number of carbonyl (C=O) groups is 2. The van der Waals surface area contributed by atoms with Gasteiger partial charge in [0.05, 0.1) is 0 Å². The van der Waals surface area contributed by atoms with Gasteiger partial charge in [-0.25, -0.2) is 4.79 Å². The molecular weight excluding hydrogens is 362 g/mol. The van der Waals surface area contributed by atoms with Gasteiger partial charge in [0.2, 0.25) is 5.91 Å². The number of hydrogen-bond acceptors (Lipinski definition) is 2. The Morgan fingerprint density at radius 3 is 2.83 bits per heavy atom. The molecule has 1 saturated carbocycles. The van der Waals surface area contributed by atoms with E-state index in [9.17, 15) is 9.59 Å². The van der Waals surface area contributed by atoms with Gasteiger partial charge in [0.1, 0.15) is 0 Å². The van der Waals surface area contributed by atoms with Crippen molar-refractivity contribution in [3.05, 3.63) is 35.9 Å². The molecule has 4 rings (SSSR count). The minimum atomic E-state index is -0.0427. The van der Waals surface area contributed by atoms with Crippen LogP contribution in [0.1, 0.15) is 63.9 Å². The molecule has 1 spiro atoms. The zero-order valence-electron chi connectivity index (χ0n) is 17.7. The van der Waals surface area contributed by atoms with Crippen molar-refractivity contribution in [2.45, 2.75) is 76.3 Å². The summed E-state index contributed by atoms with van der Waals surface area (Å²) in [6, 6.07) is 10.6. The van der Waals surface area contributed by atoms with Crippen molar-refractivity contribution >= 4 is 11.9 Å². The quantitative estimate of drug-likeness (QED) is 0.741. The highest BCUT2D eigenvalue weighted by atomic mass is 16.2. The van der Waals surface area contributed by atoms with Crippen LogP contribution in [-0.4, -0.2) is 41.5 Å². The normalized spacial score (nSPS) is 31.6. The first-order valence-electron chi connectivity index (χ1n) is 11.5. The fourth-order valence-corrected chi connectivity index (χ4v) is 6.24. The molecule has 0 aromatic heterocycles. The molecule has 0 unspecified atom stereocenters. The summed E-state index contributed by atoms with van der Waals surface area (Å²) in [5.74, 6) is 1.28. The summed E-state index contributed by atoms with van der Waals surface area (Å²) in [5.41, 5.74) is 1.38. The Hall–Kier alpha value is -2.04. The van der Waals surface area contributed by atoms with Crippen molar-refractivity contribution < 1.29 is 9.59 Å². The zero-order chi connectivity index (χ0) is 20.3. The van der Waals surface area contributed by atoms with E-state index in [4.69, 9.17) is 0 Å². The van der Waals surface area contributed by atoms with Crippen LogP contribution in [0.5, 0.6) is 0 Å². The van der Waals surface area contributed by atoms with Crippen LogP contribution in [0.15, 0.2) is 30.3 Å². The van der Waals surface area contributed by atoms with E-state index in [1.165, 1.54) is 5.56 Å². The number of urea groups is 1. The molecule has 2 N–H and O–H groups in total. The Morgan fingerprint density at radius 2 is 2.00 bits per heavy atom. The first-order chi connectivity index (χ1) is 14.1. The highest BCUT2D eigenvalue weighted by Crippen LogP contribution is 2.51. The fourth-order valence-electron chi connectivity index (χ4n) is 6.24. The first kappa shape index (κ1) is 20.2. The molecule has 3 aliphatic rings. The number of nitrogens with one attached hydrogen (secondary N) is 2. The van der Waals surface area contributed by atoms with Crippen LogP contribution in [0.3, 0.4) is 0 Å². The molecule has 0 radical (unpaired) electrons. The maximum absolute atomic E-state index is 12.6. The molecule has 2 saturated heterocycles. The summed E-state index contributed by atoms with van der Waals surface area (Å²) in [5, 5.41) is 6.30. The summed E-state index contributed by atoms with van der Waals surface area (Å²) >= 11 is 0. The Labute approximate surface area is 174 Å². The molecule has 29 heavy (non-hydrogen) atoms. The molecule has 3 fully saturated rings. The number of amides is 3. The highest BCUT2D eigenvalue weighted by molar-refractivity contribution is 5.78. The van der Waals surface area contributed by atoms with Crippen molar-refractivity contribution in [1.29, 1.82) is 0 Å². The van der Waals surface area contributed by atoms with Gasteiger partial charge >= 0.3 is 6.03 Å². The lowest BCUT2D eigenvalue weighted by molar-refractivity contribution is -0.138. The second kappa shape index (κ2) is 8.76. The van der Waals surface area contributed by atoms with E-state index in [0.717, 1.165) is 57.9 Å². The highest BCUT2D eigenvalue weighted by Gasteiger charge is 2.55. The summed E-state index contributed by atoms with van der Waals surface area (Å²) in [6.07, 6.45) is 9.01. The van der Waals surface area contributed by atoms with Crippen LogP contribution < -0.4 is 10.6 Å². The third-order valence-electron chi connectivity index (χ3n) is 7.67. The van der Waals surface area contributed by atoms with Gasteiger partial charge in [0.25, 0.3) is 0 Å². The van der Waals surface area contributed by atoms with Crippen molar-refractivity contribution in [2.75, 3.05) is 13.1 Å². The van der Waals surface area contributed by atoms with Gasteiger partial charge < -0.3 is 15.5 Å². The first-order valence-corrected chi connectivity index (χ1v) is 11.5. The molecule has 1 aromatic carbocycles. The SMILES string of the molecule is C[C@H]1[C@@H](NC(=O)NCCCc2ccccc2)CC[C@@]23CCCN2C(=O)CCC[C@@H]13. The smallest absolute Gasteiger partial charge is 0.315 e. The second-order valence-electron chi connectivity index (χ2n) is 9.24. The number of carbonyl (C=O) groups excluding carboxylic acids is 2. The van der Waals surface area contributed by atoms with Crippen molar-refractivity contribution in [2.24, 2.45) is 11.8 Å². The zero-order valence-corrected chi connectivity index (χ0v) is 17.7. The molecular formula is C24H35N3O2. The maximum Gasteiger partial charge on any atom is 0.315 e. The molecule has 4 atom stereocenters. The number of rotatable bonds is 5. The van der Waals surface area contributed by atoms with E-state index in [1.54, 1.807) is 0 Å². The van der Waals surface area contributed by atoms with E-state index in [1.807, 2.05) is 6.07 Å². The topological polar surface area (TPSA) is 61.4 Å². The molecule has 5 heteroatoms. The van der Waals surface area contributed by atoms with Gasteiger partial charge in [0.15, 0.2) is 0 Å².